The number of nitrogens with zero attached hydrogens (tertiary/aromatic N) is 12. The molecule has 6 aliphatic rings. The molecule has 0 N–H and O–H groups in total. The third kappa shape index (κ3) is 19.0. The molecule has 0 bridgehead atoms. The Kier molecular flexibility index (Phi) is 25.3. The lowest BCUT2D eigenvalue weighted by atomic mass is 9.94. The van der Waals surface area contributed by atoms with Crippen molar-refractivity contribution in [2.75, 3.05) is 6.26 Å². The Morgan fingerprint density at radius 3 is 0.855 bits per heavy atom. The summed E-state index contributed by atoms with van der Waals surface area (Å²) in [5.74, 6) is -8.49. The maximum Gasteiger partial charge on any atom is 0.523 e. The van der Waals surface area contributed by atoms with E-state index in [4.69, 9.17) is 39.4 Å². The molecule has 6 aliphatic carbocycles. The molecule has 0 saturated carbocycles. The van der Waals surface area contributed by atoms with E-state index >= 15 is 38.9 Å². The molecule has 16 nitrogen and oxygen atoms in total. The summed E-state index contributed by atoms with van der Waals surface area (Å²) < 4.78 is 378. The second kappa shape index (κ2) is 35.0. The first-order valence-electron chi connectivity index (χ1n) is 38.2. The number of benzene rings is 9. The van der Waals surface area contributed by atoms with Crippen LogP contribution in [0.5, 0.6) is 0 Å². The molecular weight excluding hydrogens is 1970 g/mol. The van der Waals surface area contributed by atoms with Crippen LogP contribution < -0.4 is 31.3 Å². The zero-order valence-electron chi connectivity index (χ0n) is 68.6. The van der Waals surface area contributed by atoms with Gasteiger partial charge in [0.05, 0.1) is 21.6 Å². The Labute approximate surface area is 776 Å². The number of halogens is 22. The number of hydrogen-bond donors (Lipinski definition) is 0. The second-order valence-electron chi connectivity index (χ2n) is 30.2. The molecule has 692 valence electrons. The third-order valence-electron chi connectivity index (χ3n) is 22.0. The van der Waals surface area contributed by atoms with Crippen LogP contribution >= 0.6 is 44.0 Å². The number of rotatable bonds is 13. The summed E-state index contributed by atoms with van der Waals surface area (Å²) in [5, 5.41) is 53.2. The van der Waals surface area contributed by atoms with E-state index in [1.165, 1.54) is 72.8 Å². The van der Waals surface area contributed by atoms with Gasteiger partial charge in [-0.3, -0.25) is 4.21 Å². The topological polar surface area (TPSA) is 243 Å². The Morgan fingerprint density at radius 1 is 0.370 bits per heavy atom. The maximum atomic E-state index is 15.3. The average Bonchev–Trinajstić information content (AvgIpc) is 1.46. The van der Waals surface area contributed by atoms with Crippen molar-refractivity contribution < 1.29 is 109 Å². The molecule has 9 aromatic carbocycles. The van der Waals surface area contributed by atoms with Crippen LogP contribution in [-0.4, -0.2) is 34.5 Å². The van der Waals surface area contributed by atoms with Crippen molar-refractivity contribution >= 4 is 98.3 Å². The van der Waals surface area contributed by atoms with Crippen molar-refractivity contribution in [3.8, 4) is 36.4 Å². The molecule has 15 rings (SSSR count). The summed E-state index contributed by atoms with van der Waals surface area (Å²) in [5.41, 5.74) is -23.7. The second-order valence-corrected chi connectivity index (χ2v) is 39.9. The van der Waals surface area contributed by atoms with Gasteiger partial charge in [0.25, 0.3) is 0 Å². The Hall–Kier alpha value is -15.6. The van der Waals surface area contributed by atoms with Gasteiger partial charge in [-0.1, -0.05) is 123 Å². The third-order valence-corrected chi connectivity index (χ3v) is 27.9. The summed E-state index contributed by atoms with van der Waals surface area (Å²) in [6.45, 7) is 44.9. The minimum atomic E-state index is -11.4. The van der Waals surface area contributed by atoms with E-state index < -0.39 is 245 Å². The highest BCUT2D eigenvalue weighted by Gasteiger charge is 2.73. The van der Waals surface area contributed by atoms with Gasteiger partial charge in [0, 0.05) is 67.2 Å². The van der Waals surface area contributed by atoms with Crippen molar-refractivity contribution in [3.63, 3.8) is 0 Å². The van der Waals surface area contributed by atoms with Gasteiger partial charge in [0.15, 0.2) is 9.84 Å². The molecule has 1 unspecified atom stereocenters. The first kappa shape index (κ1) is 99.9. The van der Waals surface area contributed by atoms with E-state index in [-0.39, 0.29) is 139 Å². The molecule has 0 saturated heterocycles. The highest BCUT2D eigenvalue weighted by molar-refractivity contribution is 8.46. The van der Waals surface area contributed by atoms with Gasteiger partial charge >= 0.3 is 48.9 Å². The van der Waals surface area contributed by atoms with Crippen LogP contribution in [-0.2, 0) is 65.2 Å². The van der Waals surface area contributed by atoms with Crippen molar-refractivity contribution in [1.82, 2.24) is 0 Å². The molecular formula is C94H41F22N12O4S6-. The fraction of sp³-hybridized carbons (Fsp3) is 0.106. The van der Waals surface area contributed by atoms with Gasteiger partial charge in [-0.15, -0.1) is 0 Å². The van der Waals surface area contributed by atoms with Crippen molar-refractivity contribution in [1.29, 1.82) is 31.6 Å². The minimum absolute atomic E-state index is 0.0207. The van der Waals surface area contributed by atoms with Gasteiger partial charge in [0.1, 0.15) is 137 Å². The molecule has 0 fully saturated rings. The lowest BCUT2D eigenvalue weighted by molar-refractivity contribution is -0.0339. The van der Waals surface area contributed by atoms with Crippen LogP contribution in [0.4, 0.5) is 91.5 Å². The number of alkyl halides is 6. The number of fused-ring (bicyclic) bond motifs is 6. The predicted octanol–water partition coefficient (Wildman–Crippen LogP) is 21.9. The Balaban J connectivity index is 0.000000175. The fourth-order valence-electron chi connectivity index (χ4n) is 17.6. The standard InChI is InChI=1S/C32H12F8N4S2.C32H18F2N4O4S2.C30H12F12N4S2/c1-43-30(44-2)23-12-22-27(25(23)16-6-4-8-19(34)10-16)28(45-31(35,36)37)21-11-20(17(13-41)14-42)24(15-5-3-7-18(33)9-15)26(21)29(22)46-32(38,39)40;1-37-32(38-2)25-13-23-26(16-43(39)40)29-24(12-22(19(14-35)15-36)27(29)17-6-4-8-20(33)10-17)31(44(3,41)42)30(23)28(25)18-7-5-9-21(34)11-18;1-45-30(46-2)23-12-22-27(25(23)16-6-4-8-19(32)10-16)28(47(33,34,35,36)37)21-11-20(17(13-43)14-44)24(15-5-3-7-18(31)9-15)26(21)29(22)48(38,39,40,41)42/h3-10H,11-12H2;4-11H,12-13,16H2,3H3,(H,39,40);3-10H,11-12H2/p-1. The van der Waals surface area contributed by atoms with Crippen LogP contribution in [0.15, 0.2) is 238 Å². The molecule has 9 aromatic rings. The van der Waals surface area contributed by atoms with Crippen LogP contribution in [0.3, 0.4) is 0 Å². The van der Waals surface area contributed by atoms with Crippen LogP contribution in [0.1, 0.15) is 72.3 Å². The van der Waals surface area contributed by atoms with Gasteiger partial charge < -0.3 is 4.55 Å². The quantitative estimate of drug-likeness (QED) is 0.0344. The van der Waals surface area contributed by atoms with E-state index in [0.717, 1.165) is 66.9 Å². The highest BCUT2D eigenvalue weighted by atomic mass is 32.5. The van der Waals surface area contributed by atoms with Crippen molar-refractivity contribution in [2.45, 2.75) is 79.8 Å². The lowest BCUT2D eigenvalue weighted by Gasteiger charge is -2.45. The molecule has 0 amide bonds. The van der Waals surface area contributed by atoms with E-state index in [1.54, 1.807) is 12.1 Å². The summed E-state index contributed by atoms with van der Waals surface area (Å²) in [7, 11) is -27.0. The molecule has 0 aliphatic heterocycles. The zero-order valence-corrected chi connectivity index (χ0v) is 73.5. The first-order chi connectivity index (χ1) is 64.4. The van der Waals surface area contributed by atoms with Crippen molar-refractivity contribution in [2.24, 2.45) is 0 Å². The normalized spacial score (nSPS) is 15.0. The van der Waals surface area contributed by atoms with Gasteiger partial charge in [-0.25, -0.2) is 34.8 Å². The molecule has 138 heavy (non-hydrogen) atoms. The summed E-state index contributed by atoms with van der Waals surface area (Å²) in [6, 6.07) is 33.9. The van der Waals surface area contributed by atoms with Crippen molar-refractivity contribution in [3.05, 3.63) is 420 Å². The molecule has 44 heteroatoms. The molecule has 0 aromatic heterocycles. The molecule has 0 radical (unpaired) electrons. The van der Waals surface area contributed by atoms with E-state index in [1.807, 2.05) is 12.1 Å². The van der Waals surface area contributed by atoms with E-state index in [2.05, 4.69) is 29.1 Å². The number of thioether (sulfide) groups is 2. The van der Waals surface area contributed by atoms with Gasteiger partial charge in [-0.05, 0) is 243 Å². The lowest BCUT2D eigenvalue weighted by Crippen LogP contribution is -2.34. The van der Waals surface area contributed by atoms with E-state index in [9.17, 15) is 101 Å². The van der Waals surface area contributed by atoms with E-state index in [0.29, 0.717) is 24.3 Å². The van der Waals surface area contributed by atoms with Crippen LogP contribution in [0.25, 0.3) is 62.5 Å². The van der Waals surface area contributed by atoms with Crippen LogP contribution in [0, 0.1) is 142 Å². The number of nitriles is 6. The Morgan fingerprint density at radius 2 is 0.601 bits per heavy atom. The summed E-state index contributed by atoms with van der Waals surface area (Å²) in [6.07, 6.45) is -4.32. The highest BCUT2D eigenvalue weighted by Crippen LogP contribution is 3.04. The zero-order chi connectivity index (χ0) is 101. The Bertz CT molecular complexity index is 8110. The number of hydrogen-bond acceptors (Lipinski definition) is 12. The summed E-state index contributed by atoms with van der Waals surface area (Å²) in [4.78, 5) is 10.7. The average molecular weight is 2010 g/mol. The largest absolute Gasteiger partial charge is 0.772 e. The number of sulfone groups is 1. The molecule has 0 spiro atoms. The van der Waals surface area contributed by atoms with Gasteiger partial charge in [-0.2, -0.15) is 87.0 Å². The first-order valence-corrected chi connectivity index (χ1v) is 46.8. The predicted molar refractivity (Wildman–Crippen MR) is 461 cm³/mol. The smallest absolute Gasteiger partial charge is 0.523 e. The molecule has 1 atom stereocenters. The number of allylic oxidation sites excluding steroid dienone is 9. The SMILES string of the molecule is [C-]#[N+]C([N+]#[C-])=C1Cc2c(CS(=O)[O-])c3c(c(S(C)(=O)=O)c2=C1c1cccc(F)c1)CC(=C(C#N)C#N)C=3c1cccc(F)c1.[C-]#[N+]C([N+]#[C-])=C1Cc2c(S(F)(F)(F)(F)F)c3c(c(S(F)(F)(F)(F)F)c2=C1c1cccc(F)c1)CC(=C(C#N)C#N)C=3c1cccc(F)c1.[C-]#[N+]C([N+]#[C-])=C1Cc2c(SC(F)(F)F)c3c(c(SC(F)(F)F)c2=C1c1cccc(F)c1)CC(=C(C#N)C#N)C=3c1cccc(F)c1. The summed E-state index contributed by atoms with van der Waals surface area (Å²) >= 11 is -4.07. The molecule has 0 heterocycles. The van der Waals surface area contributed by atoms with Crippen LogP contribution in [0.2, 0.25) is 0 Å². The minimum Gasteiger partial charge on any atom is -0.772 e. The fourth-order valence-corrected chi connectivity index (χ4v) is 23.6. The monoisotopic (exact) mass is 2010 g/mol. The maximum absolute atomic E-state index is 15.3. The van der Waals surface area contributed by atoms with Gasteiger partial charge in [0.2, 0.25) is 0 Å².